The Morgan fingerprint density at radius 2 is 2.15 bits per heavy atom. The van der Waals surface area contributed by atoms with Crippen LogP contribution in [0.5, 0.6) is 0 Å². The summed E-state index contributed by atoms with van der Waals surface area (Å²) in [4.78, 5) is 4.12. The number of aromatic nitrogens is 1. The fraction of sp³-hybridized carbons (Fsp3) is 0.500. The van der Waals surface area contributed by atoms with Crippen LogP contribution in [-0.2, 0) is 5.75 Å². The van der Waals surface area contributed by atoms with E-state index < -0.39 is 0 Å². The van der Waals surface area contributed by atoms with E-state index in [4.69, 9.17) is 11.5 Å². The van der Waals surface area contributed by atoms with Gasteiger partial charge in [0.1, 0.15) is 0 Å². The monoisotopic (exact) mass is 261 g/mol. The average molecular weight is 262 g/mol. The molecule has 0 bridgehead atoms. The number of rotatable bonds is 4. The lowest BCUT2D eigenvalue weighted by Crippen LogP contribution is -2.01. The minimum Gasteiger partial charge on any atom is -0.375 e. The van der Waals surface area contributed by atoms with Crippen LogP contribution in [0.4, 0.5) is 5.13 Å². The third-order valence-electron chi connectivity index (χ3n) is 1.08. The molecule has 1 heterocycles. The maximum atomic E-state index is 5.46. The van der Waals surface area contributed by atoms with Crippen molar-refractivity contribution >= 4 is 53.0 Å². The highest BCUT2D eigenvalue weighted by Gasteiger charge is 1.97. The molecule has 0 amide bonds. The number of thiazole rings is 1. The molecule has 0 aliphatic heterocycles. The van der Waals surface area contributed by atoms with E-state index >= 15 is 0 Å². The van der Waals surface area contributed by atoms with E-state index in [0.717, 1.165) is 23.7 Å². The Morgan fingerprint density at radius 3 is 2.62 bits per heavy atom. The molecule has 1 aromatic rings. The van der Waals surface area contributed by atoms with Crippen molar-refractivity contribution in [1.29, 1.82) is 0 Å². The van der Waals surface area contributed by atoms with Gasteiger partial charge in [-0.15, -0.1) is 36.2 Å². The van der Waals surface area contributed by atoms with Gasteiger partial charge in [0, 0.05) is 23.4 Å². The molecule has 0 aliphatic carbocycles. The van der Waals surface area contributed by atoms with Gasteiger partial charge in [0.05, 0.1) is 5.69 Å². The molecule has 0 unspecified atom stereocenters. The van der Waals surface area contributed by atoms with Crippen molar-refractivity contribution in [3.05, 3.63) is 11.1 Å². The number of hydrogen-bond donors (Lipinski definition) is 2. The minimum absolute atomic E-state index is 0. The zero-order valence-corrected chi connectivity index (χ0v) is 10.2. The van der Waals surface area contributed by atoms with Crippen LogP contribution in [0.3, 0.4) is 0 Å². The number of nitrogens with two attached hydrogens (primary N) is 2. The number of hydrogen-bond acceptors (Lipinski definition) is 5. The van der Waals surface area contributed by atoms with Gasteiger partial charge < -0.3 is 11.5 Å². The maximum Gasteiger partial charge on any atom is 0.180 e. The van der Waals surface area contributed by atoms with Crippen LogP contribution in [0.2, 0.25) is 0 Å². The molecular formula is C6H13Cl2N3S2. The maximum absolute atomic E-state index is 5.46. The molecule has 0 aliphatic rings. The molecule has 0 fully saturated rings. The first-order valence-corrected chi connectivity index (χ1v) is 5.34. The Balaban J connectivity index is 0. The molecule has 0 radical (unpaired) electrons. The predicted octanol–water partition coefficient (Wildman–Crippen LogP) is 1.76. The van der Waals surface area contributed by atoms with E-state index in [-0.39, 0.29) is 24.8 Å². The largest absolute Gasteiger partial charge is 0.375 e. The lowest BCUT2D eigenvalue weighted by Gasteiger charge is -1.93. The highest BCUT2D eigenvalue weighted by molar-refractivity contribution is 7.98. The topological polar surface area (TPSA) is 64.9 Å². The van der Waals surface area contributed by atoms with Crippen molar-refractivity contribution < 1.29 is 0 Å². The highest BCUT2D eigenvalue weighted by atomic mass is 35.5. The van der Waals surface area contributed by atoms with E-state index in [9.17, 15) is 0 Å². The van der Waals surface area contributed by atoms with E-state index in [1.165, 1.54) is 11.3 Å². The van der Waals surface area contributed by atoms with E-state index in [1.807, 2.05) is 5.38 Å². The SMILES string of the molecule is Cl.Cl.NCCSCc1csc(N)n1. The molecule has 0 aromatic carbocycles. The van der Waals surface area contributed by atoms with Crippen molar-refractivity contribution in [2.75, 3.05) is 18.0 Å². The van der Waals surface area contributed by atoms with Gasteiger partial charge in [0.2, 0.25) is 0 Å². The Morgan fingerprint density at radius 1 is 1.46 bits per heavy atom. The van der Waals surface area contributed by atoms with Crippen LogP contribution < -0.4 is 11.5 Å². The molecule has 0 saturated heterocycles. The normalized spacial score (nSPS) is 8.69. The first-order chi connectivity index (χ1) is 5.33. The standard InChI is InChI=1S/C6H11N3S2.2ClH/c7-1-2-10-3-5-4-11-6(8)9-5;;/h4H,1-3,7H2,(H2,8,9);2*1H. The van der Waals surface area contributed by atoms with Gasteiger partial charge in [-0.3, -0.25) is 0 Å². The Labute approximate surface area is 98.5 Å². The molecule has 4 N–H and O–H groups in total. The van der Waals surface area contributed by atoms with Gasteiger partial charge >= 0.3 is 0 Å². The summed E-state index contributed by atoms with van der Waals surface area (Å²) in [5.74, 6) is 1.91. The predicted molar refractivity (Wildman–Crippen MR) is 66.2 cm³/mol. The summed E-state index contributed by atoms with van der Waals surface area (Å²) in [6.45, 7) is 0.726. The van der Waals surface area contributed by atoms with Crippen LogP contribution in [0.25, 0.3) is 0 Å². The van der Waals surface area contributed by atoms with Gasteiger partial charge in [-0.05, 0) is 0 Å². The summed E-state index contributed by atoms with van der Waals surface area (Å²) in [6.07, 6.45) is 0. The van der Waals surface area contributed by atoms with Gasteiger partial charge in [-0.2, -0.15) is 11.8 Å². The number of nitrogens with zero attached hydrogens (tertiary/aromatic N) is 1. The lowest BCUT2D eigenvalue weighted by atomic mass is 10.6. The van der Waals surface area contributed by atoms with Gasteiger partial charge in [-0.25, -0.2) is 4.98 Å². The first-order valence-electron chi connectivity index (χ1n) is 3.30. The number of halogens is 2. The second kappa shape index (κ2) is 8.90. The van der Waals surface area contributed by atoms with Crippen LogP contribution in [-0.4, -0.2) is 17.3 Å². The molecule has 0 spiro atoms. The van der Waals surface area contributed by atoms with E-state index in [2.05, 4.69) is 4.98 Å². The van der Waals surface area contributed by atoms with Gasteiger partial charge in [0.25, 0.3) is 0 Å². The molecule has 13 heavy (non-hydrogen) atoms. The molecule has 0 saturated carbocycles. The molecule has 3 nitrogen and oxygen atoms in total. The zero-order valence-electron chi connectivity index (χ0n) is 6.93. The molecule has 78 valence electrons. The van der Waals surface area contributed by atoms with Gasteiger partial charge in [-0.1, -0.05) is 0 Å². The first kappa shape index (κ1) is 15.8. The summed E-state index contributed by atoms with van der Waals surface area (Å²) in [7, 11) is 0. The number of anilines is 1. The number of nitrogen functional groups attached to an aromatic ring is 1. The molecule has 1 aromatic heterocycles. The van der Waals surface area contributed by atoms with Crippen molar-refractivity contribution in [2.24, 2.45) is 5.73 Å². The third-order valence-corrected chi connectivity index (χ3v) is 2.83. The number of thioether (sulfide) groups is 1. The fourth-order valence-electron chi connectivity index (χ4n) is 0.649. The van der Waals surface area contributed by atoms with Crippen LogP contribution in [0, 0.1) is 0 Å². The Bertz CT molecular complexity index is 219. The summed E-state index contributed by atoms with van der Waals surface area (Å²) in [5.41, 5.74) is 11.9. The third kappa shape index (κ3) is 6.40. The zero-order chi connectivity index (χ0) is 8.10. The molecular weight excluding hydrogens is 249 g/mol. The molecule has 7 heteroatoms. The quantitative estimate of drug-likeness (QED) is 0.811. The van der Waals surface area contributed by atoms with Crippen molar-refractivity contribution in [3.8, 4) is 0 Å². The highest BCUT2D eigenvalue weighted by Crippen LogP contribution is 2.16. The van der Waals surface area contributed by atoms with Crippen LogP contribution in [0.1, 0.15) is 5.69 Å². The minimum atomic E-state index is 0. The summed E-state index contributed by atoms with van der Waals surface area (Å²) in [6, 6.07) is 0. The van der Waals surface area contributed by atoms with Gasteiger partial charge in [0.15, 0.2) is 5.13 Å². The second-order valence-corrected chi connectivity index (χ2v) is 4.01. The van der Waals surface area contributed by atoms with Crippen LogP contribution >= 0.6 is 47.9 Å². The van der Waals surface area contributed by atoms with E-state index in [0.29, 0.717) is 5.13 Å². The summed E-state index contributed by atoms with van der Waals surface area (Å²) < 4.78 is 0. The van der Waals surface area contributed by atoms with Crippen molar-refractivity contribution in [3.63, 3.8) is 0 Å². The Kier molecular flexibility index (Phi) is 10.8. The molecule has 0 atom stereocenters. The lowest BCUT2D eigenvalue weighted by molar-refractivity contribution is 1.14. The summed E-state index contributed by atoms with van der Waals surface area (Å²) >= 11 is 3.27. The molecule has 1 rings (SSSR count). The Hall–Kier alpha value is 0.320. The second-order valence-electron chi connectivity index (χ2n) is 2.02. The van der Waals surface area contributed by atoms with Crippen LogP contribution in [0.15, 0.2) is 5.38 Å². The fourth-order valence-corrected chi connectivity index (χ4v) is 1.99. The van der Waals surface area contributed by atoms with Crippen molar-refractivity contribution in [2.45, 2.75) is 5.75 Å². The van der Waals surface area contributed by atoms with E-state index in [1.54, 1.807) is 11.8 Å². The van der Waals surface area contributed by atoms with Crippen molar-refractivity contribution in [1.82, 2.24) is 4.98 Å². The summed E-state index contributed by atoms with van der Waals surface area (Å²) in [5, 5.41) is 2.63. The smallest absolute Gasteiger partial charge is 0.180 e. The average Bonchev–Trinajstić information content (AvgIpc) is 2.37.